The summed E-state index contributed by atoms with van der Waals surface area (Å²) in [6, 6.07) is 5.34. The number of halogens is 1. The van der Waals surface area contributed by atoms with Crippen LogP contribution in [0.3, 0.4) is 0 Å². The van der Waals surface area contributed by atoms with E-state index in [2.05, 4.69) is 10.5 Å². The lowest BCUT2D eigenvalue weighted by atomic mass is 9.98. The molecule has 5 nitrogen and oxygen atoms in total. The first-order valence-corrected chi connectivity index (χ1v) is 7.87. The van der Waals surface area contributed by atoms with E-state index in [4.69, 9.17) is 20.9 Å². The molecule has 0 spiro atoms. The van der Waals surface area contributed by atoms with Gasteiger partial charge in [0.1, 0.15) is 5.76 Å². The molecule has 1 fully saturated rings. The number of amides is 1. The Morgan fingerprint density at radius 3 is 3.05 bits per heavy atom. The van der Waals surface area contributed by atoms with E-state index in [0.29, 0.717) is 28.8 Å². The first-order chi connectivity index (χ1) is 10.1. The van der Waals surface area contributed by atoms with E-state index < -0.39 is 0 Å². The summed E-state index contributed by atoms with van der Waals surface area (Å²) in [7, 11) is 0. The highest BCUT2D eigenvalue weighted by Crippen LogP contribution is 2.23. The third-order valence-corrected chi connectivity index (χ3v) is 4.68. The second kappa shape index (κ2) is 6.17. The third-order valence-electron chi connectivity index (χ3n) is 3.45. The van der Waals surface area contributed by atoms with Crippen molar-refractivity contribution in [2.24, 2.45) is 5.92 Å². The van der Waals surface area contributed by atoms with Crippen LogP contribution < -0.4 is 5.32 Å². The van der Waals surface area contributed by atoms with Crippen LogP contribution in [0.5, 0.6) is 0 Å². The second-order valence-corrected chi connectivity index (χ2v) is 6.84. The molecule has 1 aliphatic heterocycles. The number of nitrogens with one attached hydrogen (secondary N) is 1. The maximum atomic E-state index is 12.2. The van der Waals surface area contributed by atoms with Crippen molar-refractivity contribution in [2.45, 2.75) is 19.4 Å². The highest BCUT2D eigenvalue weighted by Gasteiger charge is 2.31. The zero-order chi connectivity index (χ0) is 14.8. The largest absolute Gasteiger partial charge is 0.379 e. The first kappa shape index (κ1) is 14.6. The summed E-state index contributed by atoms with van der Waals surface area (Å²) in [5.74, 6) is 0.902. The van der Waals surface area contributed by atoms with Gasteiger partial charge < -0.3 is 14.6 Å². The van der Waals surface area contributed by atoms with E-state index in [0.717, 1.165) is 11.5 Å². The molecule has 2 aromatic heterocycles. The van der Waals surface area contributed by atoms with E-state index in [1.54, 1.807) is 12.1 Å². The fourth-order valence-electron chi connectivity index (χ4n) is 2.41. The molecule has 1 saturated heterocycles. The summed E-state index contributed by atoms with van der Waals surface area (Å²) in [5, 5.41) is 6.89. The summed E-state index contributed by atoms with van der Waals surface area (Å²) >= 11 is 7.13. The fraction of sp³-hybridized carbons (Fsp3) is 0.429. The van der Waals surface area contributed by atoms with E-state index in [1.807, 2.05) is 13.0 Å². The molecular formula is C14H15ClN2O3S. The molecule has 0 unspecified atom stereocenters. The maximum Gasteiger partial charge on any atom is 0.261 e. The van der Waals surface area contributed by atoms with Crippen LogP contribution in [0, 0.1) is 12.8 Å². The number of aromatic nitrogens is 1. The van der Waals surface area contributed by atoms with Crippen LogP contribution in [0.15, 0.2) is 22.7 Å². The van der Waals surface area contributed by atoms with Crippen LogP contribution >= 0.6 is 22.9 Å². The number of aryl methyl sites for hydroxylation is 1. The molecule has 1 N–H and O–H groups in total. The van der Waals surface area contributed by atoms with Crippen molar-refractivity contribution >= 4 is 28.8 Å². The van der Waals surface area contributed by atoms with E-state index in [-0.39, 0.29) is 17.9 Å². The molecule has 0 radical (unpaired) electrons. The van der Waals surface area contributed by atoms with E-state index in [1.165, 1.54) is 11.3 Å². The minimum absolute atomic E-state index is 0.0243. The topological polar surface area (TPSA) is 64.4 Å². The quantitative estimate of drug-likeness (QED) is 0.938. The van der Waals surface area contributed by atoms with Gasteiger partial charge in [-0.25, -0.2) is 0 Å². The third kappa shape index (κ3) is 3.45. The lowest BCUT2D eigenvalue weighted by molar-refractivity contribution is 0.0928. The van der Waals surface area contributed by atoms with Gasteiger partial charge >= 0.3 is 0 Å². The Labute approximate surface area is 131 Å². The summed E-state index contributed by atoms with van der Waals surface area (Å²) in [6.07, 6.45) is 0.705. The molecule has 0 aliphatic carbocycles. The Morgan fingerprint density at radius 1 is 1.52 bits per heavy atom. The van der Waals surface area contributed by atoms with Crippen molar-refractivity contribution < 1.29 is 14.1 Å². The summed E-state index contributed by atoms with van der Waals surface area (Å²) in [4.78, 5) is 12.8. The van der Waals surface area contributed by atoms with Crippen molar-refractivity contribution in [1.82, 2.24) is 10.5 Å². The lowest BCUT2D eigenvalue weighted by Crippen LogP contribution is -2.40. The molecule has 21 heavy (non-hydrogen) atoms. The zero-order valence-electron chi connectivity index (χ0n) is 11.5. The minimum atomic E-state index is -0.110. The van der Waals surface area contributed by atoms with E-state index >= 15 is 0 Å². The maximum absolute atomic E-state index is 12.2. The van der Waals surface area contributed by atoms with Crippen LogP contribution in [-0.4, -0.2) is 30.3 Å². The van der Waals surface area contributed by atoms with Crippen LogP contribution in [-0.2, 0) is 11.2 Å². The van der Waals surface area contributed by atoms with Crippen molar-refractivity contribution in [3.63, 3.8) is 0 Å². The Bertz CT molecular complexity index is 640. The highest BCUT2D eigenvalue weighted by atomic mass is 35.5. The van der Waals surface area contributed by atoms with Gasteiger partial charge in [-0.15, -0.1) is 11.3 Å². The van der Waals surface area contributed by atoms with Crippen molar-refractivity contribution in [3.8, 4) is 0 Å². The average molecular weight is 327 g/mol. The SMILES string of the molecule is Cc1cc(C[C@@H]2COC[C@@H]2NC(=O)c2ccc(Cl)s2)on1. The van der Waals surface area contributed by atoms with Gasteiger partial charge in [-0.2, -0.15) is 0 Å². The monoisotopic (exact) mass is 326 g/mol. The van der Waals surface area contributed by atoms with Crippen LogP contribution in [0.2, 0.25) is 4.34 Å². The molecule has 2 aromatic rings. The molecule has 0 saturated carbocycles. The molecule has 1 amide bonds. The summed E-state index contributed by atoms with van der Waals surface area (Å²) < 4.78 is 11.3. The molecular weight excluding hydrogens is 312 g/mol. The highest BCUT2D eigenvalue weighted by molar-refractivity contribution is 7.17. The number of hydrogen-bond donors (Lipinski definition) is 1. The normalized spacial score (nSPS) is 21.6. The number of carbonyl (C=O) groups is 1. The smallest absolute Gasteiger partial charge is 0.261 e. The van der Waals surface area contributed by atoms with Crippen molar-refractivity contribution in [2.75, 3.05) is 13.2 Å². The van der Waals surface area contributed by atoms with Crippen molar-refractivity contribution in [1.29, 1.82) is 0 Å². The predicted octanol–water partition coefficient (Wildman–Crippen LogP) is 2.69. The van der Waals surface area contributed by atoms with Gasteiger partial charge in [0.15, 0.2) is 0 Å². The van der Waals surface area contributed by atoms with Crippen molar-refractivity contribution in [3.05, 3.63) is 38.9 Å². The summed E-state index contributed by atoms with van der Waals surface area (Å²) in [5.41, 5.74) is 0.859. The number of hydrogen-bond acceptors (Lipinski definition) is 5. The zero-order valence-corrected chi connectivity index (χ0v) is 13.0. The summed E-state index contributed by atoms with van der Waals surface area (Å²) in [6.45, 7) is 3.01. The van der Waals surface area contributed by atoms with Gasteiger partial charge in [0.2, 0.25) is 0 Å². The average Bonchev–Trinajstić information content (AvgIpc) is 3.14. The number of nitrogens with zero attached hydrogens (tertiary/aromatic N) is 1. The van der Waals surface area contributed by atoms with Gasteiger partial charge in [-0.3, -0.25) is 4.79 Å². The van der Waals surface area contributed by atoms with Crippen LogP contribution in [0.1, 0.15) is 21.1 Å². The number of carbonyl (C=O) groups excluding carboxylic acids is 1. The lowest BCUT2D eigenvalue weighted by Gasteiger charge is -2.17. The van der Waals surface area contributed by atoms with Gasteiger partial charge in [0.25, 0.3) is 5.91 Å². The van der Waals surface area contributed by atoms with Gasteiger partial charge in [-0.1, -0.05) is 16.8 Å². The van der Waals surface area contributed by atoms with Crippen LogP contribution in [0.4, 0.5) is 0 Å². The predicted molar refractivity (Wildman–Crippen MR) is 79.8 cm³/mol. The van der Waals surface area contributed by atoms with Crippen LogP contribution in [0.25, 0.3) is 0 Å². The first-order valence-electron chi connectivity index (χ1n) is 6.68. The minimum Gasteiger partial charge on any atom is -0.379 e. The fourth-order valence-corrected chi connectivity index (χ4v) is 3.35. The molecule has 3 heterocycles. The number of thiophene rings is 1. The number of rotatable bonds is 4. The Balaban J connectivity index is 1.62. The molecule has 0 bridgehead atoms. The molecule has 112 valence electrons. The standard InChI is InChI=1S/C14H15ClN2O3S/c1-8-4-10(20-17-8)5-9-6-19-7-11(9)16-14(18)12-2-3-13(15)21-12/h2-4,9,11H,5-7H2,1H3,(H,16,18)/t9-,11+/m1/s1. The number of ether oxygens (including phenoxy) is 1. The molecule has 2 atom stereocenters. The van der Waals surface area contributed by atoms with E-state index in [9.17, 15) is 4.79 Å². The van der Waals surface area contributed by atoms with Gasteiger partial charge in [-0.05, 0) is 19.1 Å². The Morgan fingerprint density at radius 2 is 2.38 bits per heavy atom. The molecule has 1 aliphatic rings. The van der Waals surface area contributed by atoms with Gasteiger partial charge in [0.05, 0.1) is 34.2 Å². The second-order valence-electron chi connectivity index (χ2n) is 5.12. The molecule has 0 aromatic carbocycles. The van der Waals surface area contributed by atoms with Gasteiger partial charge in [0, 0.05) is 18.4 Å². The molecule has 7 heteroatoms. The Hall–Kier alpha value is -1.37. The Kier molecular flexibility index (Phi) is 4.28. The molecule has 3 rings (SSSR count).